The fourth-order valence-corrected chi connectivity index (χ4v) is 2.56. The third kappa shape index (κ3) is 5.07. The molecule has 2 aromatic carbocycles. The van der Waals surface area contributed by atoms with E-state index < -0.39 is 0 Å². The molecule has 0 heterocycles. The molecule has 0 radical (unpaired) electrons. The average molecular weight is 374 g/mol. The normalized spacial score (nSPS) is 10.2. The Bertz CT molecular complexity index is 834. The molecule has 0 aromatic heterocycles. The van der Waals surface area contributed by atoms with Gasteiger partial charge in [-0.1, -0.05) is 17.7 Å². The van der Waals surface area contributed by atoms with Crippen LogP contribution >= 0.6 is 11.6 Å². The topological polar surface area (TPSA) is 78.5 Å². The lowest BCUT2D eigenvalue weighted by Crippen LogP contribution is -2.36. The molecule has 0 aliphatic carbocycles. The second-order valence-electron chi connectivity index (χ2n) is 5.79. The number of halogens is 1. The van der Waals surface area contributed by atoms with E-state index in [1.807, 2.05) is 0 Å². The molecule has 2 aromatic rings. The lowest BCUT2D eigenvalue weighted by Gasteiger charge is -2.21. The Hall–Kier alpha value is -2.86. The number of anilines is 3. The molecule has 2 N–H and O–H groups in total. The molecule has 7 heteroatoms. The van der Waals surface area contributed by atoms with Crippen molar-refractivity contribution in [2.45, 2.75) is 20.8 Å². The molecule has 0 aliphatic rings. The van der Waals surface area contributed by atoms with Crippen LogP contribution in [0.4, 0.5) is 17.1 Å². The van der Waals surface area contributed by atoms with Gasteiger partial charge < -0.3 is 15.5 Å². The molecule has 0 saturated carbocycles. The Labute approximate surface area is 157 Å². The molecule has 3 amide bonds. The van der Waals surface area contributed by atoms with Crippen molar-refractivity contribution in [3.63, 3.8) is 0 Å². The van der Waals surface area contributed by atoms with E-state index in [1.165, 1.54) is 18.7 Å². The van der Waals surface area contributed by atoms with Crippen molar-refractivity contribution in [1.82, 2.24) is 0 Å². The Morgan fingerprint density at radius 3 is 2.23 bits per heavy atom. The summed E-state index contributed by atoms with van der Waals surface area (Å²) in [6.07, 6.45) is 0. The summed E-state index contributed by atoms with van der Waals surface area (Å²) in [4.78, 5) is 36.8. The van der Waals surface area contributed by atoms with Gasteiger partial charge in [0.15, 0.2) is 0 Å². The number of benzene rings is 2. The predicted octanol–water partition coefficient (Wildman–Crippen LogP) is 3.60. The zero-order valence-corrected chi connectivity index (χ0v) is 15.6. The van der Waals surface area contributed by atoms with Crippen molar-refractivity contribution < 1.29 is 14.4 Å². The number of hydrogen-bond donors (Lipinski definition) is 2. The molecular weight excluding hydrogens is 354 g/mol. The fourth-order valence-electron chi connectivity index (χ4n) is 2.39. The van der Waals surface area contributed by atoms with Crippen LogP contribution in [0, 0.1) is 6.92 Å². The van der Waals surface area contributed by atoms with Gasteiger partial charge in [-0.2, -0.15) is 0 Å². The average Bonchev–Trinajstić information content (AvgIpc) is 2.57. The Morgan fingerprint density at radius 2 is 1.65 bits per heavy atom. The Balaban J connectivity index is 2.12. The van der Waals surface area contributed by atoms with Crippen molar-refractivity contribution in [2.75, 3.05) is 22.1 Å². The zero-order valence-electron chi connectivity index (χ0n) is 14.8. The summed E-state index contributed by atoms with van der Waals surface area (Å²) < 4.78 is 0. The monoisotopic (exact) mass is 373 g/mol. The summed E-state index contributed by atoms with van der Waals surface area (Å²) in [6, 6.07) is 11.9. The van der Waals surface area contributed by atoms with E-state index in [-0.39, 0.29) is 24.3 Å². The molecule has 2 rings (SSSR count). The number of nitrogens with one attached hydrogen (secondary N) is 2. The lowest BCUT2D eigenvalue weighted by atomic mass is 10.2. The van der Waals surface area contributed by atoms with E-state index in [9.17, 15) is 14.4 Å². The van der Waals surface area contributed by atoms with E-state index in [2.05, 4.69) is 10.6 Å². The first-order chi connectivity index (χ1) is 12.3. The molecule has 26 heavy (non-hydrogen) atoms. The van der Waals surface area contributed by atoms with Gasteiger partial charge in [-0.15, -0.1) is 0 Å². The minimum absolute atomic E-state index is 0.138. The van der Waals surface area contributed by atoms with Gasteiger partial charge >= 0.3 is 0 Å². The molecule has 0 aliphatic heterocycles. The molecule has 0 bridgehead atoms. The number of hydrogen-bond acceptors (Lipinski definition) is 3. The Kier molecular flexibility index (Phi) is 6.36. The molecular formula is C19H20ClN3O3. The van der Waals surface area contributed by atoms with Crippen molar-refractivity contribution in [3.8, 4) is 0 Å². The van der Waals surface area contributed by atoms with Crippen LogP contribution in [-0.2, 0) is 14.4 Å². The maximum atomic E-state index is 12.4. The van der Waals surface area contributed by atoms with Crippen LogP contribution in [0.5, 0.6) is 0 Å². The van der Waals surface area contributed by atoms with Gasteiger partial charge in [0.05, 0.1) is 0 Å². The second-order valence-corrected chi connectivity index (χ2v) is 6.20. The fraction of sp³-hybridized carbons (Fsp3) is 0.211. The summed E-state index contributed by atoms with van der Waals surface area (Å²) in [5.41, 5.74) is 2.54. The van der Waals surface area contributed by atoms with Crippen LogP contribution in [0.25, 0.3) is 0 Å². The van der Waals surface area contributed by atoms with Gasteiger partial charge in [-0.3, -0.25) is 14.4 Å². The van der Waals surface area contributed by atoms with E-state index in [4.69, 9.17) is 11.6 Å². The van der Waals surface area contributed by atoms with E-state index in [1.54, 1.807) is 49.4 Å². The molecule has 136 valence electrons. The van der Waals surface area contributed by atoms with Gasteiger partial charge in [-0.05, 0) is 48.9 Å². The summed E-state index contributed by atoms with van der Waals surface area (Å²) in [7, 11) is 0. The highest BCUT2D eigenvalue weighted by Crippen LogP contribution is 2.23. The highest BCUT2D eigenvalue weighted by atomic mass is 35.5. The first-order valence-corrected chi connectivity index (χ1v) is 8.36. The van der Waals surface area contributed by atoms with Crippen LogP contribution in [0.15, 0.2) is 42.5 Å². The van der Waals surface area contributed by atoms with Gasteiger partial charge in [0, 0.05) is 35.9 Å². The van der Waals surface area contributed by atoms with Crippen LogP contribution in [0.2, 0.25) is 5.02 Å². The SMILES string of the molecule is CC(=O)Nc1ccc(N(CC(=O)Nc2cccc(Cl)c2C)C(C)=O)cc1. The van der Waals surface area contributed by atoms with Crippen molar-refractivity contribution in [3.05, 3.63) is 53.1 Å². The van der Waals surface area contributed by atoms with Gasteiger partial charge in [-0.25, -0.2) is 0 Å². The number of amides is 3. The van der Waals surface area contributed by atoms with Gasteiger partial charge in [0.2, 0.25) is 17.7 Å². The van der Waals surface area contributed by atoms with Crippen LogP contribution in [0.1, 0.15) is 19.4 Å². The minimum atomic E-state index is -0.337. The van der Waals surface area contributed by atoms with Crippen molar-refractivity contribution >= 4 is 46.4 Å². The molecule has 0 spiro atoms. The van der Waals surface area contributed by atoms with Gasteiger partial charge in [0.1, 0.15) is 6.54 Å². The Morgan fingerprint density at radius 1 is 1.00 bits per heavy atom. The third-order valence-electron chi connectivity index (χ3n) is 3.72. The van der Waals surface area contributed by atoms with Crippen LogP contribution in [0.3, 0.4) is 0 Å². The van der Waals surface area contributed by atoms with Crippen LogP contribution < -0.4 is 15.5 Å². The molecule has 0 fully saturated rings. The quantitative estimate of drug-likeness (QED) is 0.840. The minimum Gasteiger partial charge on any atom is -0.326 e. The van der Waals surface area contributed by atoms with Crippen molar-refractivity contribution in [1.29, 1.82) is 0 Å². The van der Waals surface area contributed by atoms with Gasteiger partial charge in [0.25, 0.3) is 0 Å². The molecule has 0 unspecified atom stereocenters. The standard InChI is InChI=1S/C19H20ClN3O3/c1-12-17(20)5-4-6-18(12)22-19(26)11-23(14(3)25)16-9-7-15(8-10-16)21-13(2)24/h4-10H,11H2,1-3H3,(H,21,24)(H,22,26). The summed E-state index contributed by atoms with van der Waals surface area (Å²) in [6.45, 7) is 4.47. The smallest absolute Gasteiger partial charge is 0.244 e. The second kappa shape index (κ2) is 8.49. The van der Waals surface area contributed by atoms with Crippen LogP contribution in [-0.4, -0.2) is 24.3 Å². The van der Waals surface area contributed by atoms with E-state index in [0.29, 0.717) is 22.1 Å². The molecule has 0 atom stereocenters. The maximum absolute atomic E-state index is 12.4. The van der Waals surface area contributed by atoms with E-state index in [0.717, 1.165) is 5.56 Å². The third-order valence-corrected chi connectivity index (χ3v) is 4.13. The van der Waals surface area contributed by atoms with Crippen molar-refractivity contribution in [2.24, 2.45) is 0 Å². The highest BCUT2D eigenvalue weighted by Gasteiger charge is 2.17. The zero-order chi connectivity index (χ0) is 19.3. The first-order valence-electron chi connectivity index (χ1n) is 7.98. The summed E-state index contributed by atoms with van der Waals surface area (Å²) in [5, 5.41) is 5.98. The number of nitrogens with zero attached hydrogens (tertiary/aromatic N) is 1. The molecule has 0 saturated heterocycles. The number of carbonyl (C=O) groups excluding carboxylic acids is 3. The molecule has 6 nitrogen and oxygen atoms in total. The predicted molar refractivity (Wildman–Crippen MR) is 104 cm³/mol. The highest BCUT2D eigenvalue weighted by molar-refractivity contribution is 6.31. The van der Waals surface area contributed by atoms with E-state index >= 15 is 0 Å². The summed E-state index contributed by atoms with van der Waals surface area (Å²) >= 11 is 6.05. The maximum Gasteiger partial charge on any atom is 0.244 e. The summed E-state index contributed by atoms with van der Waals surface area (Å²) in [5.74, 6) is -0.788. The lowest BCUT2D eigenvalue weighted by molar-refractivity contribution is -0.120. The first kappa shape index (κ1) is 19.5. The number of rotatable bonds is 5. The largest absolute Gasteiger partial charge is 0.326 e. The number of carbonyl (C=O) groups is 3.